The molecule has 2 fully saturated rings. The molecule has 0 spiro atoms. The van der Waals surface area contributed by atoms with Gasteiger partial charge in [0.05, 0.1) is 18.4 Å². The maximum Gasteiger partial charge on any atom is 0.490 e. The molecule has 2 saturated heterocycles. The van der Waals surface area contributed by atoms with Crippen molar-refractivity contribution in [3.63, 3.8) is 0 Å². The quantitative estimate of drug-likeness (QED) is 0.513. The molecule has 4 heterocycles. The second-order valence-electron chi connectivity index (χ2n) is 7.94. The summed E-state index contributed by atoms with van der Waals surface area (Å²) in [5.74, 6) is -4.69. The highest BCUT2D eigenvalue weighted by Crippen LogP contribution is 2.33. The molecular weight excluding hydrogens is 534 g/mol. The van der Waals surface area contributed by atoms with Crippen molar-refractivity contribution in [2.24, 2.45) is 0 Å². The molecule has 0 unspecified atom stereocenters. The molecule has 2 aromatic heterocycles. The van der Waals surface area contributed by atoms with Gasteiger partial charge in [0.2, 0.25) is 0 Å². The Morgan fingerprint density at radius 3 is 2.24 bits per heavy atom. The molecule has 2 aliphatic heterocycles. The van der Waals surface area contributed by atoms with E-state index in [1.54, 1.807) is 23.7 Å². The van der Waals surface area contributed by atoms with Crippen LogP contribution in [0.3, 0.4) is 0 Å². The van der Waals surface area contributed by atoms with Crippen LogP contribution in [0, 0.1) is 0 Å². The number of rotatable bonds is 5. The van der Waals surface area contributed by atoms with Crippen LogP contribution in [0.15, 0.2) is 41.4 Å². The smallest absolute Gasteiger partial charge is 0.489 e. The number of ether oxygens (including phenoxy) is 2. The van der Waals surface area contributed by atoms with E-state index in [0.717, 1.165) is 31.7 Å². The maximum absolute atomic E-state index is 10.6. The van der Waals surface area contributed by atoms with Crippen LogP contribution < -0.4 is 4.74 Å². The van der Waals surface area contributed by atoms with Crippen LogP contribution in [-0.2, 0) is 20.9 Å². The molecule has 0 amide bonds. The molecule has 37 heavy (non-hydrogen) atoms. The van der Waals surface area contributed by atoms with Gasteiger partial charge in [0.25, 0.3) is 0 Å². The molecular formula is C22H24F6N2O6S. The summed E-state index contributed by atoms with van der Waals surface area (Å²) in [6, 6.07) is 6.64. The normalized spacial score (nSPS) is 21.5. The van der Waals surface area contributed by atoms with Crippen LogP contribution in [0.2, 0.25) is 0 Å². The third-order valence-electron chi connectivity index (χ3n) is 5.27. The number of carboxylic acid groups (broad SMARTS) is 2. The summed E-state index contributed by atoms with van der Waals surface area (Å²) in [4.78, 5) is 24.5. The van der Waals surface area contributed by atoms with Gasteiger partial charge in [0.15, 0.2) is 0 Å². The maximum atomic E-state index is 10.6. The van der Waals surface area contributed by atoms with Gasteiger partial charge in [0, 0.05) is 25.3 Å². The first-order valence-electron chi connectivity index (χ1n) is 10.8. The average Bonchev–Trinajstić information content (AvgIpc) is 3.48. The summed E-state index contributed by atoms with van der Waals surface area (Å²) in [5.41, 5.74) is 1.43. The van der Waals surface area contributed by atoms with E-state index >= 15 is 0 Å². The number of carboxylic acids is 2. The van der Waals surface area contributed by atoms with Gasteiger partial charge in [-0.15, -0.1) is 0 Å². The van der Waals surface area contributed by atoms with E-state index in [1.165, 1.54) is 12.0 Å². The third kappa shape index (κ3) is 10.5. The Morgan fingerprint density at radius 1 is 1.08 bits per heavy atom. The van der Waals surface area contributed by atoms with Crippen molar-refractivity contribution in [2.75, 3.05) is 13.2 Å². The number of halogens is 6. The van der Waals surface area contributed by atoms with E-state index in [4.69, 9.17) is 29.3 Å². The molecule has 3 atom stereocenters. The van der Waals surface area contributed by atoms with Crippen molar-refractivity contribution in [3.8, 4) is 5.75 Å². The predicted molar refractivity (Wildman–Crippen MR) is 118 cm³/mol. The van der Waals surface area contributed by atoms with Gasteiger partial charge in [0.1, 0.15) is 12.4 Å². The number of alkyl halides is 6. The molecule has 8 nitrogen and oxygen atoms in total. The standard InChI is InChI=1S/C18H22N2O2S.2C2HF3O2/c1-2-15(10-19-7-1)21-12-16-3-4-17-18(22-16)5-8-20(17)11-14-6-9-23-13-14;2*3-2(4,5)1(6)7/h1-2,6-7,9-10,13,16-18H,3-5,8,11-12H2;2*(H,6,7)/t16-,17-,18-;;/m0../s1. The fourth-order valence-electron chi connectivity index (χ4n) is 3.64. The number of nitrogens with zero attached hydrogens (tertiary/aromatic N) is 2. The van der Waals surface area contributed by atoms with Gasteiger partial charge in [-0.2, -0.15) is 37.7 Å². The summed E-state index contributed by atoms with van der Waals surface area (Å²) in [5, 5.41) is 18.7. The summed E-state index contributed by atoms with van der Waals surface area (Å²) in [6.07, 6.45) is -2.67. The Labute approximate surface area is 211 Å². The Balaban J connectivity index is 0.000000286. The lowest BCUT2D eigenvalue weighted by Gasteiger charge is -2.35. The summed E-state index contributed by atoms with van der Waals surface area (Å²) < 4.78 is 75.6. The fraction of sp³-hybridized carbons (Fsp3) is 0.500. The van der Waals surface area contributed by atoms with E-state index < -0.39 is 24.3 Å². The molecule has 2 aliphatic rings. The minimum atomic E-state index is -5.08. The highest BCUT2D eigenvalue weighted by Gasteiger charge is 2.40. The van der Waals surface area contributed by atoms with Gasteiger partial charge in [-0.05, 0) is 53.8 Å². The van der Waals surface area contributed by atoms with Crippen molar-refractivity contribution in [2.45, 2.75) is 56.4 Å². The van der Waals surface area contributed by atoms with Gasteiger partial charge < -0.3 is 19.7 Å². The van der Waals surface area contributed by atoms with Crippen LogP contribution in [0.25, 0.3) is 0 Å². The Kier molecular flexibility index (Phi) is 11.1. The highest BCUT2D eigenvalue weighted by molar-refractivity contribution is 7.07. The number of thiophene rings is 1. The molecule has 4 rings (SSSR count). The first-order chi connectivity index (χ1) is 17.3. The number of hydrogen-bond acceptors (Lipinski definition) is 7. The van der Waals surface area contributed by atoms with E-state index in [2.05, 4.69) is 26.7 Å². The Morgan fingerprint density at radius 2 is 1.73 bits per heavy atom. The highest BCUT2D eigenvalue weighted by atomic mass is 32.1. The molecule has 0 bridgehead atoms. The first-order valence-corrected chi connectivity index (χ1v) is 11.7. The molecule has 2 aromatic rings. The number of fused-ring (bicyclic) bond motifs is 1. The summed E-state index contributed by atoms with van der Waals surface area (Å²) in [7, 11) is 0. The van der Waals surface area contributed by atoms with Crippen LogP contribution >= 0.6 is 11.3 Å². The minimum Gasteiger partial charge on any atom is -0.489 e. The Hall–Kier alpha value is -2.91. The largest absolute Gasteiger partial charge is 0.490 e. The molecule has 206 valence electrons. The Bertz CT molecular complexity index is 950. The third-order valence-corrected chi connectivity index (χ3v) is 6.00. The summed E-state index contributed by atoms with van der Waals surface area (Å²) in [6.45, 7) is 2.83. The number of carbonyl (C=O) groups is 2. The number of aliphatic carboxylic acids is 2. The second-order valence-corrected chi connectivity index (χ2v) is 8.72. The number of hydrogen-bond donors (Lipinski definition) is 2. The van der Waals surface area contributed by atoms with Crippen molar-refractivity contribution in [1.29, 1.82) is 0 Å². The average molecular weight is 558 g/mol. The summed E-state index contributed by atoms with van der Waals surface area (Å²) >= 11 is 1.78. The predicted octanol–water partition coefficient (Wildman–Crippen LogP) is 4.61. The van der Waals surface area contributed by atoms with Gasteiger partial charge in [-0.1, -0.05) is 0 Å². The van der Waals surface area contributed by atoms with Crippen molar-refractivity contribution in [1.82, 2.24) is 9.88 Å². The number of aromatic nitrogens is 1. The van der Waals surface area contributed by atoms with Crippen molar-refractivity contribution >= 4 is 23.3 Å². The van der Waals surface area contributed by atoms with Crippen molar-refractivity contribution in [3.05, 3.63) is 46.9 Å². The van der Waals surface area contributed by atoms with E-state index in [-0.39, 0.29) is 6.10 Å². The second kappa shape index (κ2) is 13.6. The SMILES string of the molecule is O=C(O)C(F)(F)F.O=C(O)C(F)(F)F.c1cncc(OC[C@@H]2CC[C@H]3[C@H](CCN3Cc3ccsc3)O2)c1. The van der Waals surface area contributed by atoms with E-state index in [1.807, 2.05) is 12.1 Å². The minimum absolute atomic E-state index is 0.206. The topological polar surface area (TPSA) is 109 Å². The zero-order valence-electron chi connectivity index (χ0n) is 19.1. The lowest BCUT2D eigenvalue weighted by Crippen LogP contribution is -2.43. The van der Waals surface area contributed by atoms with Crippen molar-refractivity contribution < 1.29 is 55.6 Å². The zero-order valence-corrected chi connectivity index (χ0v) is 19.9. The van der Waals surface area contributed by atoms with Gasteiger partial charge >= 0.3 is 24.3 Å². The monoisotopic (exact) mass is 558 g/mol. The molecule has 15 heteroatoms. The van der Waals surface area contributed by atoms with E-state index in [0.29, 0.717) is 18.8 Å². The molecule has 0 radical (unpaired) electrons. The number of likely N-dealkylation sites (tertiary alicyclic amines) is 1. The molecule has 0 aromatic carbocycles. The van der Waals surface area contributed by atoms with E-state index in [9.17, 15) is 26.3 Å². The van der Waals surface area contributed by atoms with Crippen LogP contribution in [0.1, 0.15) is 24.8 Å². The van der Waals surface area contributed by atoms with Crippen LogP contribution in [0.5, 0.6) is 5.75 Å². The number of pyridine rings is 1. The van der Waals surface area contributed by atoms with Gasteiger partial charge in [-0.3, -0.25) is 9.88 Å². The van der Waals surface area contributed by atoms with Crippen LogP contribution in [0.4, 0.5) is 26.3 Å². The lowest BCUT2D eigenvalue weighted by atomic mass is 9.99. The lowest BCUT2D eigenvalue weighted by molar-refractivity contribution is -0.193. The van der Waals surface area contributed by atoms with Crippen LogP contribution in [-0.4, -0.2) is 75.8 Å². The molecule has 0 saturated carbocycles. The van der Waals surface area contributed by atoms with Gasteiger partial charge in [-0.25, -0.2) is 9.59 Å². The zero-order chi connectivity index (χ0) is 27.6. The first kappa shape index (κ1) is 30.3. The fourth-order valence-corrected chi connectivity index (χ4v) is 4.30. The molecule has 2 N–H and O–H groups in total. The molecule has 0 aliphatic carbocycles.